The van der Waals surface area contributed by atoms with Crippen LogP contribution in [0.5, 0.6) is 0 Å². The molecule has 39 heavy (non-hydrogen) atoms. The van der Waals surface area contributed by atoms with Crippen molar-refractivity contribution in [2.75, 3.05) is 31.1 Å². The molecule has 6 rings (SSSR count). The highest BCUT2D eigenvalue weighted by atomic mass is 19.4. The lowest BCUT2D eigenvalue weighted by Crippen LogP contribution is -2.44. The molecule has 1 N–H and O–H groups in total. The predicted octanol–water partition coefficient (Wildman–Crippen LogP) is 6.25. The number of anilines is 1. The lowest BCUT2D eigenvalue weighted by molar-refractivity contribution is -0.137. The quantitative estimate of drug-likeness (QED) is 0.281. The minimum absolute atomic E-state index is 0.129. The molecule has 3 heterocycles. The van der Waals surface area contributed by atoms with Crippen LogP contribution >= 0.6 is 0 Å². The van der Waals surface area contributed by atoms with Crippen molar-refractivity contribution in [3.8, 4) is 16.8 Å². The molecule has 0 aliphatic carbocycles. The van der Waals surface area contributed by atoms with Gasteiger partial charge < -0.3 is 10.2 Å². The van der Waals surface area contributed by atoms with Crippen molar-refractivity contribution in [2.24, 2.45) is 0 Å². The van der Waals surface area contributed by atoms with Crippen molar-refractivity contribution < 1.29 is 13.2 Å². The molecule has 5 nitrogen and oxygen atoms in total. The zero-order valence-corrected chi connectivity index (χ0v) is 21.6. The molecule has 0 saturated carbocycles. The van der Waals surface area contributed by atoms with Crippen LogP contribution in [0.15, 0.2) is 77.7 Å². The van der Waals surface area contributed by atoms with Crippen LogP contribution < -0.4 is 15.8 Å². The number of fused-ring (bicyclic) bond motifs is 3. The van der Waals surface area contributed by atoms with Gasteiger partial charge in [0.15, 0.2) is 0 Å². The number of hydrogen-bond acceptors (Lipinski definition) is 4. The van der Waals surface area contributed by atoms with Crippen molar-refractivity contribution in [2.45, 2.75) is 20.0 Å². The second-order valence-electron chi connectivity index (χ2n) is 10.1. The van der Waals surface area contributed by atoms with E-state index in [1.54, 1.807) is 23.2 Å². The van der Waals surface area contributed by atoms with Crippen LogP contribution in [0.4, 0.5) is 18.9 Å². The molecule has 1 fully saturated rings. The Balaban J connectivity index is 1.61. The monoisotopic (exact) mass is 528 g/mol. The summed E-state index contributed by atoms with van der Waals surface area (Å²) in [7, 11) is 0. The Labute approximate surface area is 223 Å². The minimum atomic E-state index is -4.58. The van der Waals surface area contributed by atoms with Crippen molar-refractivity contribution in [3.63, 3.8) is 0 Å². The van der Waals surface area contributed by atoms with Crippen LogP contribution in [0.1, 0.15) is 16.7 Å². The fourth-order valence-electron chi connectivity index (χ4n) is 5.56. The molecule has 0 atom stereocenters. The van der Waals surface area contributed by atoms with Gasteiger partial charge in [0.2, 0.25) is 0 Å². The van der Waals surface area contributed by atoms with Crippen LogP contribution in [0.3, 0.4) is 0 Å². The summed E-state index contributed by atoms with van der Waals surface area (Å²) in [6.07, 6.45) is -2.92. The summed E-state index contributed by atoms with van der Waals surface area (Å²) in [6, 6.07) is 19.3. The standard InChI is InChI=1S/C31H27F3N4O/c1-19-13-20(2)15-23(14-19)21-3-6-27-25(16-21)30-22(18-36-27)4-8-29(39)38(30)24-5-7-28(26(17-24)31(32,33)34)37-11-9-35-10-12-37/h3-8,13-18,35H,9-12H2,1-2H3. The Kier molecular flexibility index (Phi) is 6.14. The van der Waals surface area contributed by atoms with E-state index in [2.05, 4.69) is 28.5 Å². The topological polar surface area (TPSA) is 50.2 Å². The summed E-state index contributed by atoms with van der Waals surface area (Å²) in [5.41, 5.74) is 4.54. The minimum Gasteiger partial charge on any atom is -0.368 e. The Hall–Kier alpha value is -4.17. The summed E-state index contributed by atoms with van der Waals surface area (Å²) in [5, 5.41) is 4.53. The first-order chi connectivity index (χ1) is 18.7. The number of aromatic nitrogens is 2. The van der Waals surface area contributed by atoms with Gasteiger partial charge in [-0.3, -0.25) is 14.3 Å². The predicted molar refractivity (Wildman–Crippen MR) is 150 cm³/mol. The number of hydrogen-bond donors (Lipinski definition) is 1. The molecular weight excluding hydrogens is 501 g/mol. The Morgan fingerprint density at radius 2 is 1.59 bits per heavy atom. The number of piperazine rings is 1. The van der Waals surface area contributed by atoms with E-state index in [0.717, 1.165) is 28.3 Å². The maximum absolute atomic E-state index is 14.3. The second kappa shape index (κ2) is 9.54. The maximum atomic E-state index is 14.3. The molecule has 1 saturated heterocycles. The van der Waals surface area contributed by atoms with E-state index in [4.69, 9.17) is 0 Å². The molecule has 5 aromatic rings. The first-order valence-electron chi connectivity index (χ1n) is 12.9. The fourth-order valence-corrected chi connectivity index (χ4v) is 5.56. The molecule has 2 aromatic heterocycles. The van der Waals surface area contributed by atoms with Gasteiger partial charge in [0.1, 0.15) is 0 Å². The highest BCUT2D eigenvalue weighted by molar-refractivity contribution is 6.05. The number of rotatable bonds is 3. The Bertz CT molecular complexity index is 1770. The fraction of sp³-hybridized carbons (Fsp3) is 0.226. The van der Waals surface area contributed by atoms with E-state index in [-0.39, 0.29) is 11.4 Å². The van der Waals surface area contributed by atoms with Crippen molar-refractivity contribution in [1.82, 2.24) is 14.9 Å². The first kappa shape index (κ1) is 25.1. The smallest absolute Gasteiger partial charge is 0.368 e. The van der Waals surface area contributed by atoms with Crippen LogP contribution in [0, 0.1) is 13.8 Å². The SMILES string of the molecule is Cc1cc(C)cc(-c2ccc3ncc4ccc(=O)n(-c5ccc(N6CCNCC6)c(C(F)(F)F)c5)c4c3c2)c1. The lowest BCUT2D eigenvalue weighted by Gasteiger charge is -2.32. The maximum Gasteiger partial charge on any atom is 0.418 e. The third-order valence-electron chi connectivity index (χ3n) is 7.27. The molecule has 1 aliphatic heterocycles. The molecule has 1 aliphatic rings. The summed E-state index contributed by atoms with van der Waals surface area (Å²) < 4.78 is 44.4. The van der Waals surface area contributed by atoms with Crippen molar-refractivity contribution in [1.29, 1.82) is 0 Å². The number of nitrogens with one attached hydrogen (secondary N) is 1. The molecule has 0 unspecified atom stereocenters. The van der Waals surface area contributed by atoms with Crippen LogP contribution in [-0.2, 0) is 6.18 Å². The molecule has 0 spiro atoms. The third-order valence-corrected chi connectivity index (χ3v) is 7.27. The van der Waals surface area contributed by atoms with Crippen LogP contribution in [-0.4, -0.2) is 35.7 Å². The van der Waals surface area contributed by atoms with Gasteiger partial charge in [0.05, 0.1) is 22.3 Å². The third kappa shape index (κ3) is 4.65. The average molecular weight is 529 g/mol. The van der Waals surface area contributed by atoms with Crippen LogP contribution in [0.2, 0.25) is 0 Å². The molecule has 0 radical (unpaired) electrons. The van der Waals surface area contributed by atoms with Gasteiger partial charge in [-0.2, -0.15) is 13.2 Å². The van der Waals surface area contributed by atoms with Gasteiger partial charge in [0, 0.05) is 54.9 Å². The normalized spacial score (nSPS) is 14.3. The molecule has 0 bridgehead atoms. The molecule has 0 amide bonds. The van der Waals surface area contributed by atoms with E-state index in [9.17, 15) is 18.0 Å². The van der Waals surface area contributed by atoms with Gasteiger partial charge in [-0.15, -0.1) is 0 Å². The zero-order valence-electron chi connectivity index (χ0n) is 21.6. The molecule has 8 heteroatoms. The van der Waals surface area contributed by atoms with Crippen molar-refractivity contribution in [3.05, 3.63) is 100.0 Å². The van der Waals surface area contributed by atoms with Gasteiger partial charge in [-0.25, -0.2) is 0 Å². The number of alkyl halides is 3. The summed E-state index contributed by atoms with van der Waals surface area (Å²) >= 11 is 0. The van der Waals surface area contributed by atoms with Crippen LogP contribution in [0.25, 0.3) is 38.6 Å². The number of nitrogens with zero attached hydrogens (tertiary/aromatic N) is 3. The summed E-state index contributed by atoms with van der Waals surface area (Å²) in [5.74, 6) is 0. The van der Waals surface area contributed by atoms with E-state index in [1.807, 2.05) is 32.0 Å². The summed E-state index contributed by atoms with van der Waals surface area (Å²) in [4.78, 5) is 19.6. The number of pyridine rings is 2. The second-order valence-corrected chi connectivity index (χ2v) is 10.1. The van der Waals surface area contributed by atoms with Gasteiger partial charge >= 0.3 is 6.18 Å². The van der Waals surface area contributed by atoms with E-state index >= 15 is 0 Å². The molecule has 198 valence electrons. The number of halogens is 3. The van der Waals surface area contributed by atoms with Gasteiger partial charge in [0.25, 0.3) is 5.56 Å². The zero-order chi connectivity index (χ0) is 27.3. The van der Waals surface area contributed by atoms with E-state index in [1.165, 1.54) is 16.7 Å². The largest absolute Gasteiger partial charge is 0.418 e. The highest BCUT2D eigenvalue weighted by Crippen LogP contribution is 2.39. The number of benzene rings is 3. The van der Waals surface area contributed by atoms with Gasteiger partial charge in [-0.05, 0) is 61.4 Å². The number of aryl methyl sites for hydroxylation is 2. The van der Waals surface area contributed by atoms with E-state index in [0.29, 0.717) is 48.0 Å². The molecular formula is C31H27F3N4O. The van der Waals surface area contributed by atoms with E-state index < -0.39 is 17.3 Å². The Morgan fingerprint density at radius 1 is 0.846 bits per heavy atom. The summed E-state index contributed by atoms with van der Waals surface area (Å²) in [6.45, 7) is 6.26. The van der Waals surface area contributed by atoms with Gasteiger partial charge in [-0.1, -0.05) is 35.4 Å². The van der Waals surface area contributed by atoms with Crippen molar-refractivity contribution >= 4 is 27.5 Å². The molecule has 3 aromatic carbocycles. The lowest BCUT2D eigenvalue weighted by atomic mass is 9.98. The first-order valence-corrected chi connectivity index (χ1v) is 12.9. The average Bonchev–Trinajstić information content (AvgIpc) is 2.92. The highest BCUT2D eigenvalue weighted by Gasteiger charge is 2.36. The Morgan fingerprint density at radius 3 is 2.31 bits per heavy atom.